The van der Waals surface area contributed by atoms with E-state index in [-0.39, 0.29) is 5.91 Å². The van der Waals surface area contributed by atoms with Gasteiger partial charge in [0, 0.05) is 30.7 Å². The largest absolute Gasteiger partial charge is 0.497 e. The van der Waals surface area contributed by atoms with Crippen LogP contribution in [0.25, 0.3) is 0 Å². The summed E-state index contributed by atoms with van der Waals surface area (Å²) in [6, 6.07) is 8.47. The second-order valence-electron chi connectivity index (χ2n) is 5.41. The molecule has 2 heterocycles. The number of rotatable bonds is 2. The highest BCUT2D eigenvalue weighted by Gasteiger charge is 2.31. The van der Waals surface area contributed by atoms with Crippen LogP contribution >= 0.6 is 0 Å². The number of methoxy groups -OCH3 is 1. The maximum Gasteiger partial charge on any atom is 0.253 e. The van der Waals surface area contributed by atoms with E-state index in [1.807, 2.05) is 29.2 Å². The Kier molecular flexibility index (Phi) is 3.42. The molecule has 4 nitrogen and oxygen atoms in total. The smallest absolute Gasteiger partial charge is 0.253 e. The number of ether oxygens (including phenoxy) is 1. The summed E-state index contributed by atoms with van der Waals surface area (Å²) in [4.78, 5) is 14.5. The lowest BCUT2D eigenvalue weighted by molar-refractivity contribution is 0.0748. The predicted molar refractivity (Wildman–Crippen MR) is 73.5 cm³/mol. The Morgan fingerprint density at radius 3 is 2.68 bits per heavy atom. The first kappa shape index (κ1) is 12.5. The zero-order valence-corrected chi connectivity index (χ0v) is 11.3. The Morgan fingerprint density at radius 1 is 1.21 bits per heavy atom. The number of amides is 1. The summed E-state index contributed by atoms with van der Waals surface area (Å²) >= 11 is 0. The van der Waals surface area contributed by atoms with E-state index >= 15 is 0 Å². The third-order valence-corrected chi connectivity index (χ3v) is 4.15. The molecule has 2 fully saturated rings. The average molecular weight is 260 g/mol. The normalized spacial score (nSPS) is 26.1. The topological polar surface area (TPSA) is 41.6 Å². The van der Waals surface area contributed by atoms with Gasteiger partial charge in [0.05, 0.1) is 7.11 Å². The molecule has 0 aliphatic carbocycles. The maximum atomic E-state index is 12.5. The van der Waals surface area contributed by atoms with Crippen molar-refractivity contribution >= 4 is 5.91 Å². The molecule has 0 aromatic heterocycles. The zero-order chi connectivity index (χ0) is 13.2. The Bertz CT molecular complexity index is 458. The Balaban J connectivity index is 1.71. The van der Waals surface area contributed by atoms with Crippen molar-refractivity contribution in [2.24, 2.45) is 0 Å². The summed E-state index contributed by atoms with van der Waals surface area (Å²) in [5, 5.41) is 3.59. The van der Waals surface area contributed by atoms with E-state index in [0.717, 1.165) is 30.8 Å². The van der Waals surface area contributed by atoms with E-state index in [1.54, 1.807) is 7.11 Å². The average Bonchev–Trinajstić information content (AvgIpc) is 2.78. The molecule has 102 valence electrons. The van der Waals surface area contributed by atoms with Gasteiger partial charge in [-0.2, -0.15) is 0 Å². The second-order valence-corrected chi connectivity index (χ2v) is 5.41. The van der Waals surface area contributed by atoms with E-state index in [1.165, 1.54) is 12.8 Å². The molecular weight excluding hydrogens is 240 g/mol. The molecule has 1 N–H and O–H groups in total. The standard InChI is InChI=1S/C15H20N2O2/c1-19-14-6-2-11(3-7-14)15(18)17-9-8-12-4-5-13(10-17)16-12/h2-3,6-7,12-13,16H,4-5,8-10H2,1H3. The van der Waals surface area contributed by atoms with Crippen LogP contribution in [0.1, 0.15) is 29.6 Å². The van der Waals surface area contributed by atoms with Gasteiger partial charge in [-0.05, 0) is 43.5 Å². The lowest BCUT2D eigenvalue weighted by atomic mass is 10.1. The highest BCUT2D eigenvalue weighted by molar-refractivity contribution is 5.94. The van der Waals surface area contributed by atoms with Gasteiger partial charge in [-0.3, -0.25) is 4.79 Å². The van der Waals surface area contributed by atoms with Gasteiger partial charge in [0.2, 0.25) is 0 Å². The van der Waals surface area contributed by atoms with Gasteiger partial charge in [-0.15, -0.1) is 0 Å². The first-order chi connectivity index (χ1) is 9.26. The molecule has 19 heavy (non-hydrogen) atoms. The SMILES string of the molecule is COc1ccc(C(=O)N2CCC3CCC(C2)N3)cc1. The molecule has 3 rings (SSSR count). The lowest BCUT2D eigenvalue weighted by Gasteiger charge is -2.24. The van der Waals surface area contributed by atoms with Gasteiger partial charge >= 0.3 is 0 Å². The van der Waals surface area contributed by atoms with E-state index < -0.39 is 0 Å². The molecule has 2 bridgehead atoms. The van der Waals surface area contributed by atoms with Crippen LogP contribution in [0.3, 0.4) is 0 Å². The van der Waals surface area contributed by atoms with Crippen LogP contribution in [0.2, 0.25) is 0 Å². The predicted octanol–water partition coefficient (Wildman–Crippen LogP) is 1.66. The van der Waals surface area contributed by atoms with Crippen molar-refractivity contribution in [3.8, 4) is 5.75 Å². The van der Waals surface area contributed by atoms with E-state index in [9.17, 15) is 4.79 Å². The molecular formula is C15H20N2O2. The van der Waals surface area contributed by atoms with Gasteiger partial charge < -0.3 is 15.0 Å². The number of nitrogens with zero attached hydrogens (tertiary/aromatic N) is 1. The molecule has 2 unspecified atom stereocenters. The number of carbonyl (C=O) groups excluding carboxylic acids is 1. The minimum absolute atomic E-state index is 0.136. The van der Waals surface area contributed by atoms with Crippen LogP contribution in [0, 0.1) is 0 Å². The summed E-state index contributed by atoms with van der Waals surface area (Å²) in [7, 11) is 1.63. The van der Waals surface area contributed by atoms with Crippen molar-refractivity contribution in [2.45, 2.75) is 31.3 Å². The van der Waals surface area contributed by atoms with Crippen molar-refractivity contribution in [1.29, 1.82) is 0 Å². The van der Waals surface area contributed by atoms with Gasteiger partial charge in [0.1, 0.15) is 5.75 Å². The fourth-order valence-corrected chi connectivity index (χ4v) is 3.04. The molecule has 1 aromatic rings. The van der Waals surface area contributed by atoms with Crippen LogP contribution in [0.5, 0.6) is 5.75 Å². The summed E-state index contributed by atoms with van der Waals surface area (Å²) in [5.41, 5.74) is 0.749. The molecule has 2 aliphatic heterocycles. The first-order valence-corrected chi connectivity index (χ1v) is 6.95. The summed E-state index contributed by atoms with van der Waals surface area (Å²) in [5.74, 6) is 0.921. The third-order valence-electron chi connectivity index (χ3n) is 4.15. The number of nitrogens with one attached hydrogen (secondary N) is 1. The van der Waals surface area contributed by atoms with E-state index in [4.69, 9.17) is 4.74 Å². The van der Waals surface area contributed by atoms with Crippen LogP contribution in [-0.4, -0.2) is 43.1 Å². The van der Waals surface area contributed by atoms with E-state index in [0.29, 0.717) is 12.1 Å². The maximum absolute atomic E-state index is 12.5. The summed E-state index contributed by atoms with van der Waals surface area (Å²) in [6.07, 6.45) is 3.52. The number of benzene rings is 1. The van der Waals surface area contributed by atoms with Crippen LogP contribution in [-0.2, 0) is 0 Å². The monoisotopic (exact) mass is 260 g/mol. The minimum Gasteiger partial charge on any atom is -0.497 e. The van der Waals surface area contributed by atoms with Crippen molar-refractivity contribution in [1.82, 2.24) is 10.2 Å². The lowest BCUT2D eigenvalue weighted by Crippen LogP contribution is -2.39. The zero-order valence-electron chi connectivity index (χ0n) is 11.3. The van der Waals surface area contributed by atoms with Crippen LogP contribution < -0.4 is 10.1 Å². The molecule has 1 amide bonds. The molecule has 1 aromatic carbocycles. The van der Waals surface area contributed by atoms with Crippen LogP contribution in [0.15, 0.2) is 24.3 Å². The Labute approximate surface area is 113 Å². The third kappa shape index (κ3) is 2.59. The summed E-state index contributed by atoms with van der Waals surface area (Å²) < 4.78 is 5.12. The minimum atomic E-state index is 0.136. The highest BCUT2D eigenvalue weighted by Crippen LogP contribution is 2.22. The molecule has 0 spiro atoms. The second kappa shape index (κ2) is 5.21. The van der Waals surface area contributed by atoms with Gasteiger partial charge in [-0.1, -0.05) is 0 Å². The highest BCUT2D eigenvalue weighted by atomic mass is 16.5. The number of hydrogen-bond donors (Lipinski definition) is 1. The van der Waals surface area contributed by atoms with Crippen molar-refractivity contribution in [2.75, 3.05) is 20.2 Å². The molecule has 0 saturated carbocycles. The van der Waals surface area contributed by atoms with Gasteiger partial charge in [0.25, 0.3) is 5.91 Å². The number of hydrogen-bond acceptors (Lipinski definition) is 3. The van der Waals surface area contributed by atoms with Gasteiger partial charge in [0.15, 0.2) is 0 Å². The van der Waals surface area contributed by atoms with Crippen molar-refractivity contribution < 1.29 is 9.53 Å². The van der Waals surface area contributed by atoms with Crippen molar-refractivity contribution in [3.05, 3.63) is 29.8 Å². The Morgan fingerprint density at radius 2 is 1.95 bits per heavy atom. The molecule has 2 saturated heterocycles. The molecule has 4 heteroatoms. The van der Waals surface area contributed by atoms with Crippen molar-refractivity contribution in [3.63, 3.8) is 0 Å². The number of likely N-dealkylation sites (tertiary alicyclic amines) is 1. The Hall–Kier alpha value is -1.55. The molecule has 0 radical (unpaired) electrons. The fourth-order valence-electron chi connectivity index (χ4n) is 3.04. The van der Waals surface area contributed by atoms with Gasteiger partial charge in [-0.25, -0.2) is 0 Å². The quantitative estimate of drug-likeness (QED) is 0.879. The van der Waals surface area contributed by atoms with E-state index in [2.05, 4.69) is 5.32 Å². The van der Waals surface area contributed by atoms with Crippen LogP contribution in [0.4, 0.5) is 0 Å². The summed E-state index contributed by atoms with van der Waals surface area (Å²) in [6.45, 7) is 1.69. The molecule has 2 aliphatic rings. The first-order valence-electron chi connectivity index (χ1n) is 6.95. The number of fused-ring (bicyclic) bond motifs is 2. The molecule has 2 atom stereocenters. The number of carbonyl (C=O) groups is 1. The fraction of sp³-hybridized carbons (Fsp3) is 0.533.